The Balaban J connectivity index is 0.881. The van der Waals surface area contributed by atoms with Crippen molar-refractivity contribution in [3.05, 3.63) is 71.0 Å². The lowest BCUT2D eigenvalue weighted by Gasteiger charge is -2.53. The van der Waals surface area contributed by atoms with Gasteiger partial charge in [0.1, 0.15) is 42.2 Å². The highest BCUT2D eigenvalue weighted by atomic mass is 19.4. The van der Waals surface area contributed by atoms with E-state index in [0.717, 1.165) is 51.0 Å². The standard InChI is InChI=1S/C38H46F3N5O7/c1-37-14-13-24-23-8-7-22(47)17-21(23)16-20(33(24)25(37)9-11-30(37)48)4-3-15-42-36(51)26-10-12-32(46-45-26)53-19-28-35(50)34(49)27(18-52-28)43-31-6-2-5-29(44-31)38(39,40)41/h2,5-8,10,12,17,20,24-25,27-28,30,33-35,47-50H,3-4,9,11,13-16,18-19H2,1H3,(H,42,51)(H,43,44)/t20?,24?,25?,27-,28+,30-,33?,34+,35-,37-/m0/s1. The number of benzene rings is 1. The summed E-state index contributed by atoms with van der Waals surface area (Å²) in [5.74, 6) is 1.50. The highest BCUT2D eigenvalue weighted by molar-refractivity contribution is 5.92. The molecule has 0 radical (unpaired) electrons. The van der Waals surface area contributed by atoms with Gasteiger partial charge in [-0.2, -0.15) is 13.2 Å². The number of hydrogen-bond donors (Lipinski definition) is 6. The van der Waals surface area contributed by atoms with Crippen LogP contribution in [0.2, 0.25) is 0 Å². The first-order valence-electron chi connectivity index (χ1n) is 18.3. The fraction of sp³-hybridized carbons (Fsp3) is 0.579. The number of aromatic hydroxyl groups is 1. The molecule has 6 N–H and O–H groups in total. The van der Waals surface area contributed by atoms with Gasteiger partial charge in [0.05, 0.1) is 18.8 Å². The van der Waals surface area contributed by atoms with Crippen molar-refractivity contribution in [1.29, 1.82) is 0 Å². The minimum absolute atomic E-state index is 0.0648. The highest BCUT2D eigenvalue weighted by Crippen LogP contribution is 2.62. The highest BCUT2D eigenvalue weighted by Gasteiger charge is 2.56. The number of nitrogens with one attached hydrogen (secondary N) is 2. The molecule has 12 nitrogen and oxygen atoms in total. The number of carbonyl (C=O) groups is 1. The Morgan fingerprint density at radius 2 is 1.89 bits per heavy atom. The molecule has 53 heavy (non-hydrogen) atoms. The van der Waals surface area contributed by atoms with Crippen LogP contribution in [0.1, 0.15) is 78.7 Å². The number of ether oxygens (including phenoxy) is 2. The Morgan fingerprint density at radius 3 is 2.66 bits per heavy atom. The molecule has 15 heteroatoms. The van der Waals surface area contributed by atoms with Crippen molar-refractivity contribution in [3.63, 3.8) is 0 Å². The molecule has 1 aliphatic heterocycles. The fourth-order valence-electron chi connectivity index (χ4n) is 9.39. The molecule has 2 aromatic heterocycles. The third kappa shape index (κ3) is 7.66. The van der Waals surface area contributed by atoms with Gasteiger partial charge in [-0.15, -0.1) is 10.2 Å². The van der Waals surface area contributed by atoms with Crippen LogP contribution in [0.5, 0.6) is 11.6 Å². The molecule has 2 saturated carbocycles. The van der Waals surface area contributed by atoms with E-state index < -0.39 is 36.2 Å². The van der Waals surface area contributed by atoms with Crippen molar-refractivity contribution in [2.45, 2.75) is 94.4 Å². The Morgan fingerprint density at radius 1 is 1.06 bits per heavy atom. The van der Waals surface area contributed by atoms with E-state index in [4.69, 9.17) is 9.47 Å². The normalized spacial score (nSPS) is 32.2. The number of nitrogens with zero attached hydrogens (tertiary/aromatic N) is 3. The van der Waals surface area contributed by atoms with Crippen molar-refractivity contribution < 1.29 is 47.9 Å². The number of anilines is 1. The minimum atomic E-state index is -4.63. The number of hydrogen-bond acceptors (Lipinski definition) is 11. The van der Waals surface area contributed by atoms with Crippen LogP contribution in [0.4, 0.5) is 19.0 Å². The molecule has 0 spiro atoms. The summed E-state index contributed by atoms with van der Waals surface area (Å²) in [6, 6.07) is 11.1. The lowest BCUT2D eigenvalue weighted by molar-refractivity contribution is -0.150. The van der Waals surface area contributed by atoms with Gasteiger partial charge in [-0.05, 0) is 115 Å². The molecule has 3 aromatic rings. The molecule has 4 aliphatic rings. The van der Waals surface area contributed by atoms with Crippen LogP contribution in [-0.2, 0) is 17.3 Å². The number of pyridine rings is 1. The monoisotopic (exact) mass is 741 g/mol. The van der Waals surface area contributed by atoms with Crippen LogP contribution in [0.3, 0.4) is 0 Å². The molecule has 4 unspecified atom stereocenters. The molecule has 1 aromatic carbocycles. The Bertz CT molecular complexity index is 1770. The molecule has 0 bridgehead atoms. The number of halogens is 3. The number of aromatic nitrogens is 3. The smallest absolute Gasteiger partial charge is 0.433 e. The average Bonchev–Trinajstić information content (AvgIpc) is 3.44. The van der Waals surface area contributed by atoms with Crippen molar-refractivity contribution in [2.75, 3.05) is 25.1 Å². The molecule has 286 valence electrons. The summed E-state index contributed by atoms with van der Waals surface area (Å²) in [6.45, 7) is 2.35. The zero-order valence-corrected chi connectivity index (χ0v) is 29.4. The van der Waals surface area contributed by atoms with E-state index in [0.29, 0.717) is 30.2 Å². The number of aliphatic hydroxyl groups excluding tert-OH is 3. The largest absolute Gasteiger partial charge is 0.508 e. The van der Waals surface area contributed by atoms with E-state index in [1.807, 2.05) is 6.07 Å². The number of alkyl halides is 3. The molecule has 3 aliphatic carbocycles. The molecule has 3 fully saturated rings. The van der Waals surface area contributed by atoms with E-state index in [2.05, 4.69) is 38.8 Å². The summed E-state index contributed by atoms with van der Waals surface area (Å²) >= 11 is 0. The van der Waals surface area contributed by atoms with Crippen LogP contribution in [0.15, 0.2) is 48.5 Å². The third-order valence-electron chi connectivity index (χ3n) is 12.1. The summed E-state index contributed by atoms with van der Waals surface area (Å²) in [5, 5.41) is 56.0. The van der Waals surface area contributed by atoms with Crippen LogP contribution in [0.25, 0.3) is 0 Å². The number of amides is 1. The van der Waals surface area contributed by atoms with Gasteiger partial charge in [0.2, 0.25) is 5.88 Å². The van der Waals surface area contributed by atoms with E-state index in [9.17, 15) is 38.4 Å². The molecule has 3 heterocycles. The van der Waals surface area contributed by atoms with Crippen LogP contribution < -0.4 is 15.4 Å². The SMILES string of the molecule is C[C@]12CCC3c4ccc(O)cc4CC(CCCNC(=O)c4ccc(OC[C@H]5OC[C@H](Nc6cccc(C(F)(F)F)n6)[C@@H](O)[C@H]5O)nn4)C3C1CC[C@@H]2O. The predicted octanol–water partition coefficient (Wildman–Crippen LogP) is 4.23. The number of rotatable bonds is 10. The summed E-state index contributed by atoms with van der Waals surface area (Å²) < 4.78 is 50.3. The Hall–Kier alpha value is -4.05. The molecule has 10 atom stereocenters. The lowest BCUT2D eigenvalue weighted by atomic mass is 9.52. The molecular formula is C38H46F3N5O7. The zero-order chi connectivity index (χ0) is 37.5. The molecule has 1 saturated heterocycles. The van der Waals surface area contributed by atoms with Gasteiger partial charge in [0, 0.05) is 12.6 Å². The lowest BCUT2D eigenvalue weighted by Crippen LogP contribution is -2.57. The maximum atomic E-state index is 13.0. The second-order valence-electron chi connectivity index (χ2n) is 15.3. The van der Waals surface area contributed by atoms with E-state index in [-0.39, 0.29) is 53.8 Å². The molecular weight excluding hydrogens is 695 g/mol. The Labute approximate surface area is 305 Å². The summed E-state index contributed by atoms with van der Waals surface area (Å²) in [5.41, 5.74) is 1.48. The fourth-order valence-corrected chi connectivity index (χ4v) is 9.39. The van der Waals surface area contributed by atoms with Crippen LogP contribution in [-0.4, -0.2) is 91.7 Å². The summed E-state index contributed by atoms with van der Waals surface area (Å²) in [6.07, 6.45) is -2.29. The van der Waals surface area contributed by atoms with Gasteiger partial charge in [-0.25, -0.2) is 4.98 Å². The quantitative estimate of drug-likeness (QED) is 0.164. The average molecular weight is 742 g/mol. The second-order valence-corrected chi connectivity index (χ2v) is 15.3. The predicted molar refractivity (Wildman–Crippen MR) is 185 cm³/mol. The first-order chi connectivity index (χ1) is 25.3. The van der Waals surface area contributed by atoms with Gasteiger partial charge >= 0.3 is 6.18 Å². The van der Waals surface area contributed by atoms with Crippen LogP contribution in [0, 0.1) is 23.2 Å². The van der Waals surface area contributed by atoms with Crippen molar-refractivity contribution in [1.82, 2.24) is 20.5 Å². The number of phenolic OH excluding ortho intramolecular Hbond substituents is 1. The first-order valence-corrected chi connectivity index (χ1v) is 18.3. The number of carbonyl (C=O) groups excluding carboxylic acids is 1. The van der Waals surface area contributed by atoms with Gasteiger partial charge in [-0.1, -0.05) is 19.1 Å². The van der Waals surface area contributed by atoms with E-state index in [1.165, 1.54) is 35.4 Å². The van der Waals surface area contributed by atoms with E-state index in [1.54, 1.807) is 6.07 Å². The van der Waals surface area contributed by atoms with Gasteiger partial charge in [0.25, 0.3) is 5.91 Å². The van der Waals surface area contributed by atoms with Crippen molar-refractivity contribution in [3.8, 4) is 11.6 Å². The maximum absolute atomic E-state index is 13.0. The summed E-state index contributed by atoms with van der Waals surface area (Å²) in [4.78, 5) is 16.4. The third-order valence-corrected chi connectivity index (χ3v) is 12.1. The number of fused-ring (bicyclic) bond motifs is 5. The zero-order valence-electron chi connectivity index (χ0n) is 29.4. The maximum Gasteiger partial charge on any atom is 0.433 e. The second kappa shape index (κ2) is 15.0. The first kappa shape index (κ1) is 37.3. The van der Waals surface area contributed by atoms with Crippen molar-refractivity contribution in [2.24, 2.45) is 23.2 Å². The minimum Gasteiger partial charge on any atom is -0.508 e. The van der Waals surface area contributed by atoms with Crippen LogP contribution >= 0.6 is 0 Å². The van der Waals surface area contributed by atoms with E-state index >= 15 is 0 Å². The number of phenols is 1. The topological polar surface area (TPSA) is 179 Å². The Kier molecular flexibility index (Phi) is 10.5. The van der Waals surface area contributed by atoms with Gasteiger partial charge < -0.3 is 40.5 Å². The van der Waals surface area contributed by atoms with Gasteiger partial charge in [0.15, 0.2) is 5.69 Å². The number of aliphatic hydroxyl groups is 3. The molecule has 7 rings (SSSR count). The van der Waals surface area contributed by atoms with Crippen molar-refractivity contribution >= 4 is 11.7 Å². The summed E-state index contributed by atoms with van der Waals surface area (Å²) in [7, 11) is 0. The van der Waals surface area contributed by atoms with Gasteiger partial charge in [-0.3, -0.25) is 4.79 Å². The molecule has 1 amide bonds.